The number of fused-ring (bicyclic) bond motifs is 1. The molecule has 4 rings (SSSR count). The Hall–Kier alpha value is -2.53. The SMILES string of the molecule is Fc1ccc(OCC2CCN(Cc3ccnc4ccccc34)C2)nc1. The predicted octanol–water partition coefficient (Wildman–Crippen LogP) is 3.67. The number of aromatic nitrogens is 2. The van der Waals surface area contributed by atoms with E-state index in [1.165, 1.54) is 23.2 Å². The van der Waals surface area contributed by atoms with Crippen molar-refractivity contribution in [1.82, 2.24) is 14.9 Å². The first kappa shape index (κ1) is 16.0. The summed E-state index contributed by atoms with van der Waals surface area (Å²) < 4.78 is 18.6. The molecule has 1 saturated heterocycles. The summed E-state index contributed by atoms with van der Waals surface area (Å²) in [7, 11) is 0. The number of hydrogen-bond donors (Lipinski definition) is 0. The van der Waals surface area contributed by atoms with Crippen LogP contribution < -0.4 is 4.74 Å². The van der Waals surface area contributed by atoms with Gasteiger partial charge >= 0.3 is 0 Å². The van der Waals surface area contributed by atoms with Crippen molar-refractivity contribution < 1.29 is 9.13 Å². The van der Waals surface area contributed by atoms with E-state index in [0.717, 1.165) is 31.6 Å². The van der Waals surface area contributed by atoms with Crippen LogP contribution >= 0.6 is 0 Å². The van der Waals surface area contributed by atoms with Crippen LogP contribution in [0.25, 0.3) is 10.9 Å². The fraction of sp³-hybridized carbons (Fsp3) is 0.300. The summed E-state index contributed by atoms with van der Waals surface area (Å²) in [5.41, 5.74) is 2.36. The lowest BCUT2D eigenvalue weighted by atomic mass is 10.1. The summed E-state index contributed by atoms with van der Waals surface area (Å²) in [6.45, 7) is 3.60. The zero-order chi connectivity index (χ0) is 17.1. The average molecular weight is 337 g/mol. The molecule has 1 atom stereocenters. The minimum atomic E-state index is -0.344. The fourth-order valence-corrected chi connectivity index (χ4v) is 3.38. The fourth-order valence-electron chi connectivity index (χ4n) is 3.38. The summed E-state index contributed by atoms with van der Waals surface area (Å²) in [6.07, 6.45) is 4.17. The number of nitrogens with zero attached hydrogens (tertiary/aromatic N) is 3. The van der Waals surface area contributed by atoms with Gasteiger partial charge in [-0.05, 0) is 36.7 Å². The normalized spacial score (nSPS) is 17.9. The Balaban J connectivity index is 1.35. The van der Waals surface area contributed by atoms with Crippen LogP contribution in [-0.2, 0) is 6.54 Å². The average Bonchev–Trinajstić information content (AvgIpc) is 3.09. The van der Waals surface area contributed by atoms with Crippen LogP contribution in [0.3, 0.4) is 0 Å². The highest BCUT2D eigenvalue weighted by Gasteiger charge is 2.23. The number of para-hydroxylation sites is 1. The van der Waals surface area contributed by atoms with E-state index in [4.69, 9.17) is 4.74 Å². The summed E-state index contributed by atoms with van der Waals surface area (Å²) in [6, 6.07) is 13.3. The lowest BCUT2D eigenvalue weighted by molar-refractivity contribution is 0.232. The molecule has 3 aromatic rings. The first-order valence-corrected chi connectivity index (χ1v) is 8.57. The predicted molar refractivity (Wildman–Crippen MR) is 94.8 cm³/mol. The smallest absolute Gasteiger partial charge is 0.213 e. The van der Waals surface area contributed by atoms with E-state index in [1.54, 1.807) is 6.07 Å². The van der Waals surface area contributed by atoms with E-state index in [2.05, 4.69) is 39.1 Å². The van der Waals surface area contributed by atoms with Crippen LogP contribution in [0.4, 0.5) is 4.39 Å². The summed E-state index contributed by atoms with van der Waals surface area (Å²) in [4.78, 5) is 10.8. The van der Waals surface area contributed by atoms with E-state index in [9.17, 15) is 4.39 Å². The Bertz CT molecular complexity index is 848. The number of rotatable bonds is 5. The Kier molecular flexibility index (Phi) is 4.57. The van der Waals surface area contributed by atoms with Gasteiger partial charge in [0.2, 0.25) is 5.88 Å². The van der Waals surface area contributed by atoms with Crippen LogP contribution in [-0.4, -0.2) is 34.6 Å². The standard InChI is InChI=1S/C20H20FN3O/c21-17-5-6-20(23-11-17)25-14-15-8-10-24(12-15)13-16-7-9-22-19-4-2-1-3-18(16)19/h1-7,9,11,15H,8,10,12-14H2. The lowest BCUT2D eigenvalue weighted by Gasteiger charge is -2.17. The summed E-state index contributed by atoms with van der Waals surface area (Å²) in [5.74, 6) is 0.615. The Morgan fingerprint density at radius 1 is 1.12 bits per heavy atom. The van der Waals surface area contributed by atoms with E-state index >= 15 is 0 Å². The number of hydrogen-bond acceptors (Lipinski definition) is 4. The first-order chi connectivity index (χ1) is 12.3. The van der Waals surface area contributed by atoms with Gasteiger partial charge in [0.25, 0.3) is 0 Å². The van der Waals surface area contributed by atoms with Gasteiger partial charge in [-0.3, -0.25) is 9.88 Å². The number of likely N-dealkylation sites (tertiary alicyclic amines) is 1. The minimum Gasteiger partial charge on any atom is -0.477 e. The highest BCUT2D eigenvalue weighted by molar-refractivity contribution is 5.81. The van der Waals surface area contributed by atoms with E-state index in [1.807, 2.05) is 12.3 Å². The molecule has 2 aromatic heterocycles. The van der Waals surface area contributed by atoms with Gasteiger partial charge in [-0.15, -0.1) is 0 Å². The molecule has 1 aliphatic rings. The molecule has 0 radical (unpaired) electrons. The van der Waals surface area contributed by atoms with Crippen molar-refractivity contribution in [3.05, 3.63) is 66.2 Å². The monoisotopic (exact) mass is 337 g/mol. The van der Waals surface area contributed by atoms with Gasteiger partial charge < -0.3 is 4.74 Å². The van der Waals surface area contributed by atoms with Crippen molar-refractivity contribution in [3.8, 4) is 5.88 Å². The van der Waals surface area contributed by atoms with E-state index < -0.39 is 0 Å². The van der Waals surface area contributed by atoms with Gasteiger partial charge in [0.1, 0.15) is 5.82 Å². The molecule has 0 bridgehead atoms. The Morgan fingerprint density at radius 3 is 2.92 bits per heavy atom. The third-order valence-electron chi connectivity index (χ3n) is 4.67. The zero-order valence-corrected chi connectivity index (χ0v) is 13.9. The minimum absolute atomic E-state index is 0.344. The first-order valence-electron chi connectivity index (χ1n) is 8.57. The number of halogens is 1. The molecule has 128 valence electrons. The van der Waals surface area contributed by atoms with Gasteiger partial charge in [-0.2, -0.15) is 0 Å². The lowest BCUT2D eigenvalue weighted by Crippen LogP contribution is -2.22. The molecule has 0 saturated carbocycles. The van der Waals surface area contributed by atoms with Crippen molar-refractivity contribution in [2.45, 2.75) is 13.0 Å². The van der Waals surface area contributed by atoms with Crippen molar-refractivity contribution in [1.29, 1.82) is 0 Å². The highest BCUT2D eigenvalue weighted by atomic mass is 19.1. The van der Waals surface area contributed by atoms with E-state index in [-0.39, 0.29) is 5.82 Å². The van der Waals surface area contributed by atoms with Gasteiger partial charge in [-0.1, -0.05) is 18.2 Å². The van der Waals surface area contributed by atoms with Crippen molar-refractivity contribution >= 4 is 10.9 Å². The second kappa shape index (κ2) is 7.15. The molecular weight excluding hydrogens is 317 g/mol. The zero-order valence-electron chi connectivity index (χ0n) is 13.9. The molecule has 0 aliphatic carbocycles. The van der Waals surface area contributed by atoms with E-state index in [0.29, 0.717) is 18.4 Å². The van der Waals surface area contributed by atoms with Gasteiger partial charge in [0, 0.05) is 36.7 Å². The molecule has 25 heavy (non-hydrogen) atoms. The van der Waals surface area contributed by atoms with Gasteiger partial charge in [0.15, 0.2) is 0 Å². The maximum Gasteiger partial charge on any atom is 0.213 e. The summed E-state index contributed by atoms with van der Waals surface area (Å²) >= 11 is 0. The molecule has 1 aliphatic heterocycles. The molecule has 1 fully saturated rings. The van der Waals surface area contributed by atoms with Crippen molar-refractivity contribution in [2.24, 2.45) is 5.92 Å². The highest BCUT2D eigenvalue weighted by Crippen LogP contribution is 2.23. The van der Waals surface area contributed by atoms with Crippen LogP contribution in [0.2, 0.25) is 0 Å². The van der Waals surface area contributed by atoms with Crippen LogP contribution in [0.1, 0.15) is 12.0 Å². The Labute approximate surface area is 146 Å². The van der Waals surface area contributed by atoms with Crippen molar-refractivity contribution in [3.63, 3.8) is 0 Å². The number of pyridine rings is 2. The molecule has 4 nitrogen and oxygen atoms in total. The topological polar surface area (TPSA) is 38.2 Å². The molecule has 5 heteroatoms. The third kappa shape index (κ3) is 3.77. The quantitative estimate of drug-likeness (QED) is 0.712. The number of ether oxygens (including phenoxy) is 1. The summed E-state index contributed by atoms with van der Waals surface area (Å²) in [5, 5.41) is 1.22. The third-order valence-corrected chi connectivity index (χ3v) is 4.67. The largest absolute Gasteiger partial charge is 0.477 e. The molecule has 1 aromatic carbocycles. The second-order valence-electron chi connectivity index (χ2n) is 6.50. The van der Waals surface area contributed by atoms with Crippen molar-refractivity contribution in [2.75, 3.05) is 19.7 Å². The maximum atomic E-state index is 12.9. The Morgan fingerprint density at radius 2 is 2.04 bits per heavy atom. The van der Waals surface area contributed by atoms with Crippen LogP contribution in [0, 0.1) is 11.7 Å². The van der Waals surface area contributed by atoms with Crippen LogP contribution in [0.5, 0.6) is 5.88 Å². The van der Waals surface area contributed by atoms with Gasteiger partial charge in [-0.25, -0.2) is 9.37 Å². The van der Waals surface area contributed by atoms with Gasteiger partial charge in [0.05, 0.1) is 18.3 Å². The molecule has 0 amide bonds. The molecule has 0 spiro atoms. The maximum absolute atomic E-state index is 12.9. The van der Waals surface area contributed by atoms with Crippen LogP contribution in [0.15, 0.2) is 54.9 Å². The second-order valence-corrected chi connectivity index (χ2v) is 6.50. The molecule has 3 heterocycles. The molecular formula is C20H20FN3O. The molecule has 1 unspecified atom stereocenters. The molecule has 0 N–H and O–H groups in total. The number of benzene rings is 1.